The second kappa shape index (κ2) is 5.86. The first-order valence-corrected chi connectivity index (χ1v) is 5.52. The minimum absolute atomic E-state index is 0.135. The zero-order valence-electron chi connectivity index (χ0n) is 10.00. The highest BCUT2D eigenvalue weighted by atomic mass is 19.4. The highest BCUT2D eigenvalue weighted by molar-refractivity contribution is 5.77. The molecular weight excluding hydrogens is 245 g/mol. The van der Waals surface area contributed by atoms with E-state index in [4.69, 9.17) is 5.73 Å². The quantitative estimate of drug-likeness (QED) is 0.900. The molecule has 0 aliphatic rings. The SMILES string of the molecule is CCN(Cc1cccc(C(F)(F)F)c1)C(=O)CN. The van der Waals surface area contributed by atoms with Gasteiger partial charge in [0.05, 0.1) is 12.1 Å². The number of carbonyl (C=O) groups excluding carboxylic acids is 1. The van der Waals surface area contributed by atoms with Crippen LogP contribution >= 0.6 is 0 Å². The van der Waals surface area contributed by atoms with Crippen LogP contribution in [0.2, 0.25) is 0 Å². The van der Waals surface area contributed by atoms with Crippen LogP contribution in [-0.4, -0.2) is 23.9 Å². The number of benzene rings is 1. The van der Waals surface area contributed by atoms with E-state index in [9.17, 15) is 18.0 Å². The molecule has 0 atom stereocenters. The normalized spacial score (nSPS) is 11.4. The molecular formula is C12H15F3N2O. The van der Waals surface area contributed by atoms with Crippen LogP contribution in [-0.2, 0) is 17.5 Å². The summed E-state index contributed by atoms with van der Waals surface area (Å²) < 4.78 is 37.5. The molecule has 0 aliphatic carbocycles. The van der Waals surface area contributed by atoms with E-state index in [1.165, 1.54) is 11.0 Å². The van der Waals surface area contributed by atoms with Gasteiger partial charge in [-0.3, -0.25) is 4.79 Å². The van der Waals surface area contributed by atoms with Gasteiger partial charge in [-0.25, -0.2) is 0 Å². The molecule has 1 rings (SSSR count). The Morgan fingerprint density at radius 3 is 2.56 bits per heavy atom. The Morgan fingerprint density at radius 2 is 2.06 bits per heavy atom. The van der Waals surface area contributed by atoms with E-state index in [-0.39, 0.29) is 19.0 Å². The Balaban J connectivity index is 2.88. The first-order valence-electron chi connectivity index (χ1n) is 5.52. The maximum absolute atomic E-state index is 12.5. The largest absolute Gasteiger partial charge is 0.416 e. The minimum Gasteiger partial charge on any atom is -0.338 e. The third-order valence-corrected chi connectivity index (χ3v) is 2.54. The number of likely N-dealkylation sites (N-methyl/N-ethyl adjacent to an activating group) is 1. The summed E-state index contributed by atoms with van der Waals surface area (Å²) >= 11 is 0. The maximum atomic E-state index is 12.5. The topological polar surface area (TPSA) is 46.3 Å². The second-order valence-corrected chi connectivity index (χ2v) is 3.81. The van der Waals surface area contributed by atoms with Crippen LogP contribution in [0.4, 0.5) is 13.2 Å². The summed E-state index contributed by atoms with van der Waals surface area (Å²) in [7, 11) is 0. The zero-order chi connectivity index (χ0) is 13.8. The van der Waals surface area contributed by atoms with E-state index in [1.807, 2.05) is 0 Å². The van der Waals surface area contributed by atoms with E-state index in [0.717, 1.165) is 12.1 Å². The van der Waals surface area contributed by atoms with Gasteiger partial charge in [-0.1, -0.05) is 12.1 Å². The summed E-state index contributed by atoms with van der Waals surface area (Å²) in [6, 6.07) is 4.94. The maximum Gasteiger partial charge on any atom is 0.416 e. The van der Waals surface area contributed by atoms with Crippen LogP contribution in [0.25, 0.3) is 0 Å². The zero-order valence-corrected chi connectivity index (χ0v) is 10.00. The molecule has 1 aromatic carbocycles. The van der Waals surface area contributed by atoms with Crippen molar-refractivity contribution >= 4 is 5.91 Å². The third kappa shape index (κ3) is 3.73. The number of hydrogen-bond acceptors (Lipinski definition) is 2. The lowest BCUT2D eigenvalue weighted by atomic mass is 10.1. The lowest BCUT2D eigenvalue weighted by Crippen LogP contribution is -2.35. The lowest BCUT2D eigenvalue weighted by molar-refractivity contribution is -0.137. The molecule has 3 nitrogen and oxygen atoms in total. The summed E-state index contributed by atoms with van der Waals surface area (Å²) in [5.41, 5.74) is 4.96. The molecule has 0 aliphatic heterocycles. The molecule has 0 unspecified atom stereocenters. The Bertz CT molecular complexity index is 418. The number of carbonyl (C=O) groups is 1. The van der Waals surface area contributed by atoms with Gasteiger partial charge in [0.15, 0.2) is 0 Å². The molecule has 0 radical (unpaired) electrons. The molecule has 0 saturated heterocycles. The van der Waals surface area contributed by atoms with Gasteiger partial charge in [0, 0.05) is 13.1 Å². The van der Waals surface area contributed by atoms with Crippen molar-refractivity contribution in [3.8, 4) is 0 Å². The van der Waals surface area contributed by atoms with Crippen molar-refractivity contribution in [1.29, 1.82) is 0 Å². The standard InChI is InChI=1S/C12H15F3N2O/c1-2-17(11(18)7-16)8-9-4-3-5-10(6-9)12(13,14)15/h3-6H,2,7-8,16H2,1H3. The van der Waals surface area contributed by atoms with Gasteiger partial charge < -0.3 is 10.6 Å². The molecule has 100 valence electrons. The molecule has 6 heteroatoms. The van der Waals surface area contributed by atoms with Crippen molar-refractivity contribution in [3.63, 3.8) is 0 Å². The molecule has 0 bridgehead atoms. The highest BCUT2D eigenvalue weighted by Crippen LogP contribution is 2.29. The van der Waals surface area contributed by atoms with E-state index < -0.39 is 11.7 Å². The van der Waals surface area contributed by atoms with Gasteiger partial charge in [-0.15, -0.1) is 0 Å². The highest BCUT2D eigenvalue weighted by Gasteiger charge is 2.30. The molecule has 1 amide bonds. The predicted octanol–water partition coefficient (Wildman–Crippen LogP) is 2.01. The van der Waals surface area contributed by atoms with E-state index in [1.54, 1.807) is 13.0 Å². The van der Waals surface area contributed by atoms with E-state index >= 15 is 0 Å². The minimum atomic E-state index is -4.37. The Labute approximate surface area is 103 Å². The molecule has 0 fully saturated rings. The van der Waals surface area contributed by atoms with Crippen molar-refractivity contribution in [3.05, 3.63) is 35.4 Å². The average Bonchev–Trinajstić information content (AvgIpc) is 2.34. The molecule has 18 heavy (non-hydrogen) atoms. The number of hydrogen-bond donors (Lipinski definition) is 1. The number of rotatable bonds is 4. The fourth-order valence-corrected chi connectivity index (χ4v) is 1.57. The fourth-order valence-electron chi connectivity index (χ4n) is 1.57. The van der Waals surface area contributed by atoms with E-state index in [2.05, 4.69) is 0 Å². The Hall–Kier alpha value is -1.56. The van der Waals surface area contributed by atoms with Crippen LogP contribution < -0.4 is 5.73 Å². The van der Waals surface area contributed by atoms with Crippen molar-refractivity contribution in [2.45, 2.75) is 19.6 Å². The van der Waals surface area contributed by atoms with Gasteiger partial charge >= 0.3 is 6.18 Å². The van der Waals surface area contributed by atoms with Crippen LogP contribution in [0.3, 0.4) is 0 Å². The summed E-state index contributed by atoms with van der Waals surface area (Å²) in [5, 5.41) is 0. The predicted molar refractivity (Wildman–Crippen MR) is 61.6 cm³/mol. The van der Waals surface area contributed by atoms with Crippen LogP contribution in [0.15, 0.2) is 24.3 Å². The first-order chi connectivity index (χ1) is 8.38. The van der Waals surface area contributed by atoms with Crippen LogP contribution in [0, 0.1) is 0 Å². The molecule has 2 N–H and O–H groups in total. The Kier molecular flexibility index (Phi) is 4.72. The number of nitrogens with zero attached hydrogens (tertiary/aromatic N) is 1. The lowest BCUT2D eigenvalue weighted by Gasteiger charge is -2.20. The van der Waals surface area contributed by atoms with Crippen molar-refractivity contribution in [2.24, 2.45) is 5.73 Å². The Morgan fingerprint density at radius 1 is 1.39 bits per heavy atom. The smallest absolute Gasteiger partial charge is 0.338 e. The molecule has 1 aromatic rings. The average molecular weight is 260 g/mol. The number of halogens is 3. The van der Waals surface area contributed by atoms with Crippen molar-refractivity contribution < 1.29 is 18.0 Å². The number of alkyl halides is 3. The summed E-state index contributed by atoms with van der Waals surface area (Å²) in [5.74, 6) is -0.282. The van der Waals surface area contributed by atoms with Crippen LogP contribution in [0.5, 0.6) is 0 Å². The first kappa shape index (κ1) is 14.5. The second-order valence-electron chi connectivity index (χ2n) is 3.81. The monoisotopic (exact) mass is 260 g/mol. The van der Waals surface area contributed by atoms with Gasteiger partial charge in [-0.2, -0.15) is 13.2 Å². The van der Waals surface area contributed by atoms with Crippen molar-refractivity contribution in [1.82, 2.24) is 4.90 Å². The van der Waals surface area contributed by atoms with E-state index in [0.29, 0.717) is 12.1 Å². The van der Waals surface area contributed by atoms with Gasteiger partial charge in [0.2, 0.25) is 5.91 Å². The van der Waals surface area contributed by atoms with Gasteiger partial charge in [-0.05, 0) is 24.6 Å². The molecule has 0 spiro atoms. The summed E-state index contributed by atoms with van der Waals surface area (Å²) in [4.78, 5) is 12.8. The number of amides is 1. The molecule has 0 saturated carbocycles. The van der Waals surface area contributed by atoms with Crippen LogP contribution in [0.1, 0.15) is 18.1 Å². The molecule has 0 aromatic heterocycles. The summed E-state index contributed by atoms with van der Waals surface area (Å²) in [6.07, 6.45) is -4.37. The van der Waals surface area contributed by atoms with Gasteiger partial charge in [0.1, 0.15) is 0 Å². The fraction of sp³-hybridized carbons (Fsp3) is 0.417. The molecule has 0 heterocycles. The van der Waals surface area contributed by atoms with Gasteiger partial charge in [0.25, 0.3) is 0 Å². The van der Waals surface area contributed by atoms with Crippen molar-refractivity contribution in [2.75, 3.05) is 13.1 Å². The third-order valence-electron chi connectivity index (χ3n) is 2.54. The number of nitrogens with two attached hydrogens (primary N) is 1. The summed E-state index contributed by atoms with van der Waals surface area (Å²) in [6.45, 7) is 2.15.